The zero-order valence-corrected chi connectivity index (χ0v) is 17.4. The maximum absolute atomic E-state index is 12.1. The van der Waals surface area contributed by atoms with Crippen LogP contribution in [-0.2, 0) is 22.4 Å². The van der Waals surface area contributed by atoms with Gasteiger partial charge in [0.25, 0.3) is 0 Å². The lowest BCUT2D eigenvalue weighted by molar-refractivity contribution is -0.132. The molecule has 0 bridgehead atoms. The first kappa shape index (κ1) is 20.8. The third-order valence-electron chi connectivity index (χ3n) is 5.37. The van der Waals surface area contributed by atoms with Crippen LogP contribution >= 0.6 is 0 Å². The van der Waals surface area contributed by atoms with Crippen LogP contribution < -0.4 is 9.47 Å². The van der Waals surface area contributed by atoms with Crippen LogP contribution in [0.1, 0.15) is 51.2 Å². The van der Waals surface area contributed by atoms with Crippen LogP contribution in [0.4, 0.5) is 0 Å². The van der Waals surface area contributed by atoms with Crippen molar-refractivity contribution in [2.75, 3.05) is 0 Å². The van der Waals surface area contributed by atoms with E-state index in [9.17, 15) is 9.59 Å². The van der Waals surface area contributed by atoms with Crippen molar-refractivity contribution in [1.82, 2.24) is 0 Å². The minimum absolute atomic E-state index is 0.348. The summed E-state index contributed by atoms with van der Waals surface area (Å²) in [5, 5.41) is 1.57. The summed E-state index contributed by atoms with van der Waals surface area (Å²) in [5.74, 6) is 0.835. The number of hydrogen-bond acceptors (Lipinski definition) is 4. The van der Waals surface area contributed by atoms with E-state index < -0.39 is 5.97 Å². The van der Waals surface area contributed by atoms with E-state index in [0.29, 0.717) is 17.4 Å². The molecular formula is C25H28O4. The van der Waals surface area contributed by atoms with Gasteiger partial charge in [0.2, 0.25) is 0 Å². The lowest BCUT2D eigenvalue weighted by atomic mass is 9.79. The number of ether oxygens (including phenoxy) is 2. The molecule has 0 saturated heterocycles. The van der Waals surface area contributed by atoms with Gasteiger partial charge in [0.05, 0.1) is 0 Å². The Morgan fingerprint density at radius 1 is 1.07 bits per heavy atom. The molecule has 1 unspecified atom stereocenters. The number of benzene rings is 2. The Morgan fingerprint density at radius 2 is 1.72 bits per heavy atom. The standard InChI is InChI=1S/C25H28O4/c1-5-23(27)29-25-20-12-7-6-11-19(20)24(28-17(4)26)21-14-13-18(15-22(21)25)10-8-9-16(2)3/h5-7,9,11-12,18H,1,8,10,13-15H2,2-4H3. The summed E-state index contributed by atoms with van der Waals surface area (Å²) >= 11 is 0. The molecule has 1 aliphatic rings. The second kappa shape index (κ2) is 9.08. The summed E-state index contributed by atoms with van der Waals surface area (Å²) in [4.78, 5) is 23.9. The van der Waals surface area contributed by atoms with Gasteiger partial charge in [-0.1, -0.05) is 42.5 Å². The number of rotatable bonds is 6. The Morgan fingerprint density at radius 3 is 2.31 bits per heavy atom. The molecule has 2 aromatic carbocycles. The van der Waals surface area contributed by atoms with Gasteiger partial charge in [0.15, 0.2) is 0 Å². The number of hydrogen-bond donors (Lipinski definition) is 0. The number of esters is 2. The third-order valence-corrected chi connectivity index (χ3v) is 5.37. The quantitative estimate of drug-likeness (QED) is 0.273. The van der Waals surface area contributed by atoms with E-state index in [0.717, 1.165) is 54.0 Å². The SMILES string of the molecule is C=CC(=O)Oc1c2c(c(OC(C)=O)c3ccccc13)CCC(CCC=C(C)C)C2. The fourth-order valence-corrected chi connectivity index (χ4v) is 4.07. The first-order chi connectivity index (χ1) is 13.9. The molecule has 0 N–H and O–H groups in total. The molecule has 0 aliphatic heterocycles. The lowest BCUT2D eigenvalue weighted by Gasteiger charge is -2.29. The highest BCUT2D eigenvalue weighted by Crippen LogP contribution is 2.46. The lowest BCUT2D eigenvalue weighted by Crippen LogP contribution is -2.19. The highest BCUT2D eigenvalue weighted by atomic mass is 16.5. The van der Waals surface area contributed by atoms with Gasteiger partial charge in [0, 0.05) is 34.9 Å². The van der Waals surface area contributed by atoms with E-state index in [1.165, 1.54) is 18.6 Å². The first-order valence-electron chi connectivity index (χ1n) is 10.1. The van der Waals surface area contributed by atoms with Gasteiger partial charge >= 0.3 is 11.9 Å². The largest absolute Gasteiger partial charge is 0.426 e. The van der Waals surface area contributed by atoms with Crippen molar-refractivity contribution in [2.24, 2.45) is 5.92 Å². The molecule has 2 aromatic rings. The molecule has 3 rings (SSSR count). The fraction of sp³-hybridized carbons (Fsp3) is 0.360. The van der Waals surface area contributed by atoms with Gasteiger partial charge < -0.3 is 9.47 Å². The van der Waals surface area contributed by atoms with Gasteiger partial charge in [-0.3, -0.25) is 4.79 Å². The maximum atomic E-state index is 12.1. The second-order valence-electron chi connectivity index (χ2n) is 7.85. The van der Waals surface area contributed by atoms with Crippen molar-refractivity contribution in [3.05, 3.63) is 59.7 Å². The summed E-state index contributed by atoms with van der Waals surface area (Å²) in [7, 11) is 0. The molecule has 0 radical (unpaired) electrons. The van der Waals surface area contributed by atoms with Crippen molar-refractivity contribution in [1.29, 1.82) is 0 Å². The normalized spacial score (nSPS) is 15.3. The molecule has 29 heavy (non-hydrogen) atoms. The number of fused-ring (bicyclic) bond motifs is 2. The van der Waals surface area contributed by atoms with Gasteiger partial charge in [-0.05, 0) is 51.9 Å². The van der Waals surface area contributed by atoms with Crippen LogP contribution in [0.2, 0.25) is 0 Å². The molecular weight excluding hydrogens is 364 g/mol. The minimum Gasteiger partial charge on any atom is -0.426 e. The number of carbonyl (C=O) groups excluding carboxylic acids is 2. The molecule has 152 valence electrons. The highest BCUT2D eigenvalue weighted by Gasteiger charge is 2.29. The molecule has 0 heterocycles. The van der Waals surface area contributed by atoms with Gasteiger partial charge in [-0.15, -0.1) is 0 Å². The van der Waals surface area contributed by atoms with E-state index in [4.69, 9.17) is 9.47 Å². The van der Waals surface area contributed by atoms with Crippen LogP contribution in [0.3, 0.4) is 0 Å². The summed E-state index contributed by atoms with van der Waals surface area (Å²) < 4.78 is 11.4. The first-order valence-corrected chi connectivity index (χ1v) is 10.1. The molecule has 0 amide bonds. The topological polar surface area (TPSA) is 52.6 Å². The molecule has 0 spiro atoms. The Bertz CT molecular complexity index is 980. The van der Waals surface area contributed by atoms with Gasteiger partial charge in [0.1, 0.15) is 11.5 Å². The maximum Gasteiger partial charge on any atom is 0.335 e. The van der Waals surface area contributed by atoms with Crippen molar-refractivity contribution < 1.29 is 19.1 Å². The molecule has 0 saturated carbocycles. The van der Waals surface area contributed by atoms with Crippen molar-refractivity contribution in [2.45, 2.75) is 52.9 Å². The molecule has 1 atom stereocenters. The highest BCUT2D eigenvalue weighted by molar-refractivity contribution is 5.99. The minimum atomic E-state index is -0.482. The van der Waals surface area contributed by atoms with E-state index in [2.05, 4.69) is 26.5 Å². The van der Waals surface area contributed by atoms with Crippen LogP contribution in [0.15, 0.2) is 48.6 Å². The average Bonchev–Trinajstić information content (AvgIpc) is 2.69. The Hall–Kier alpha value is -2.88. The summed E-state index contributed by atoms with van der Waals surface area (Å²) in [6, 6.07) is 7.60. The molecule has 0 fully saturated rings. The Kier molecular flexibility index (Phi) is 6.53. The fourth-order valence-electron chi connectivity index (χ4n) is 4.07. The average molecular weight is 392 g/mol. The summed E-state index contributed by atoms with van der Waals surface area (Å²) in [5.41, 5.74) is 3.28. The van der Waals surface area contributed by atoms with Crippen LogP contribution in [-0.4, -0.2) is 11.9 Å². The summed E-state index contributed by atoms with van der Waals surface area (Å²) in [6.45, 7) is 9.17. The number of allylic oxidation sites excluding steroid dienone is 2. The monoisotopic (exact) mass is 392 g/mol. The van der Waals surface area contributed by atoms with Gasteiger partial charge in [-0.25, -0.2) is 4.79 Å². The Labute approximate surface area is 172 Å². The molecule has 4 nitrogen and oxygen atoms in total. The Balaban J connectivity index is 2.11. The van der Waals surface area contributed by atoms with Gasteiger partial charge in [-0.2, -0.15) is 0 Å². The second-order valence-corrected chi connectivity index (χ2v) is 7.85. The molecule has 0 aromatic heterocycles. The predicted molar refractivity (Wildman–Crippen MR) is 115 cm³/mol. The zero-order valence-electron chi connectivity index (χ0n) is 17.4. The van der Waals surface area contributed by atoms with Crippen molar-refractivity contribution in [3.8, 4) is 11.5 Å². The van der Waals surface area contributed by atoms with E-state index in [1.54, 1.807) is 0 Å². The molecule has 1 aliphatic carbocycles. The van der Waals surface area contributed by atoms with Crippen LogP contribution in [0.5, 0.6) is 11.5 Å². The number of carbonyl (C=O) groups is 2. The summed E-state index contributed by atoms with van der Waals surface area (Å²) in [6.07, 6.45) is 8.16. The third kappa shape index (κ3) is 4.76. The van der Waals surface area contributed by atoms with Crippen molar-refractivity contribution in [3.63, 3.8) is 0 Å². The zero-order chi connectivity index (χ0) is 21.0. The molecule has 4 heteroatoms. The van der Waals surface area contributed by atoms with Crippen LogP contribution in [0, 0.1) is 5.92 Å². The van der Waals surface area contributed by atoms with E-state index in [1.807, 2.05) is 24.3 Å². The van der Waals surface area contributed by atoms with E-state index >= 15 is 0 Å². The van der Waals surface area contributed by atoms with E-state index in [-0.39, 0.29) is 5.97 Å². The van der Waals surface area contributed by atoms with Crippen molar-refractivity contribution >= 4 is 22.7 Å². The predicted octanol–water partition coefficient (Wildman–Crippen LogP) is 5.71. The van der Waals surface area contributed by atoms with Crippen LogP contribution in [0.25, 0.3) is 10.8 Å². The smallest absolute Gasteiger partial charge is 0.335 e.